The largest absolute Gasteiger partial charge is 0.378 e. The molecule has 1 aliphatic carbocycles. The van der Waals surface area contributed by atoms with Gasteiger partial charge in [-0.2, -0.15) is 0 Å². The van der Waals surface area contributed by atoms with E-state index < -0.39 is 0 Å². The van der Waals surface area contributed by atoms with E-state index in [-0.39, 0.29) is 17.0 Å². The summed E-state index contributed by atoms with van der Waals surface area (Å²) in [6.45, 7) is 1.13. The Morgan fingerprint density at radius 3 is 2.96 bits per heavy atom. The number of hydrogen-bond donors (Lipinski definition) is 1. The molecule has 1 amide bonds. The van der Waals surface area contributed by atoms with Crippen LogP contribution in [0, 0.1) is 0 Å². The van der Waals surface area contributed by atoms with Crippen LogP contribution in [0.4, 0.5) is 0 Å². The molecule has 0 radical (unpaired) electrons. The predicted molar refractivity (Wildman–Crippen MR) is 91.2 cm³/mol. The second kappa shape index (κ2) is 8.06. The monoisotopic (exact) mass is 329 g/mol. The number of pyridine rings is 1. The Labute approximate surface area is 140 Å². The van der Waals surface area contributed by atoms with Crippen LogP contribution >= 0.6 is 0 Å². The first kappa shape index (κ1) is 16.6. The third-order valence-corrected chi connectivity index (χ3v) is 4.37. The van der Waals surface area contributed by atoms with Gasteiger partial charge in [0.05, 0.1) is 6.10 Å². The first-order valence-corrected chi connectivity index (χ1v) is 8.62. The van der Waals surface area contributed by atoms with E-state index >= 15 is 0 Å². The molecule has 0 atom stereocenters. The van der Waals surface area contributed by atoms with Crippen LogP contribution in [0.25, 0.3) is 5.65 Å². The van der Waals surface area contributed by atoms with Gasteiger partial charge >= 0.3 is 0 Å². The Kier molecular flexibility index (Phi) is 5.59. The van der Waals surface area contributed by atoms with Gasteiger partial charge < -0.3 is 10.1 Å². The zero-order chi connectivity index (χ0) is 16.8. The van der Waals surface area contributed by atoms with Crippen LogP contribution in [0.2, 0.25) is 0 Å². The van der Waals surface area contributed by atoms with Gasteiger partial charge in [0.2, 0.25) is 0 Å². The zero-order valence-corrected chi connectivity index (χ0v) is 13.7. The summed E-state index contributed by atoms with van der Waals surface area (Å²) >= 11 is 0. The third kappa shape index (κ3) is 4.00. The van der Waals surface area contributed by atoms with Gasteiger partial charge in [-0.15, -0.1) is 0 Å². The van der Waals surface area contributed by atoms with Crippen molar-refractivity contribution in [3.63, 3.8) is 0 Å². The quantitative estimate of drug-likeness (QED) is 0.824. The Morgan fingerprint density at radius 2 is 2.12 bits per heavy atom. The molecule has 6 heteroatoms. The highest BCUT2D eigenvalue weighted by Crippen LogP contribution is 2.20. The Morgan fingerprint density at radius 1 is 1.29 bits per heavy atom. The van der Waals surface area contributed by atoms with Crippen molar-refractivity contribution in [2.24, 2.45) is 0 Å². The van der Waals surface area contributed by atoms with Gasteiger partial charge in [0.1, 0.15) is 11.2 Å². The fraction of sp³-hybridized carbons (Fsp3) is 0.500. The summed E-state index contributed by atoms with van der Waals surface area (Å²) in [7, 11) is 0. The molecule has 128 valence electrons. The van der Waals surface area contributed by atoms with Crippen molar-refractivity contribution in [1.82, 2.24) is 14.7 Å². The number of fused-ring (bicyclic) bond motifs is 1. The van der Waals surface area contributed by atoms with Crippen molar-refractivity contribution in [1.29, 1.82) is 0 Å². The number of carbonyl (C=O) groups is 1. The van der Waals surface area contributed by atoms with E-state index in [9.17, 15) is 9.59 Å². The van der Waals surface area contributed by atoms with Crippen molar-refractivity contribution in [3.8, 4) is 0 Å². The molecule has 0 saturated heterocycles. The molecule has 2 aromatic heterocycles. The number of rotatable bonds is 6. The number of ether oxygens (including phenoxy) is 1. The van der Waals surface area contributed by atoms with Crippen molar-refractivity contribution in [2.75, 3.05) is 13.2 Å². The molecular weight excluding hydrogens is 306 g/mol. The molecule has 0 aromatic carbocycles. The maximum atomic E-state index is 12.3. The van der Waals surface area contributed by atoms with Gasteiger partial charge in [0, 0.05) is 25.5 Å². The number of aromatic nitrogens is 2. The molecule has 0 bridgehead atoms. The Hall–Kier alpha value is -2.21. The van der Waals surface area contributed by atoms with Gasteiger partial charge in [-0.3, -0.25) is 14.0 Å². The van der Waals surface area contributed by atoms with Crippen LogP contribution in [0.3, 0.4) is 0 Å². The molecule has 0 spiro atoms. The minimum absolute atomic E-state index is 0.0619. The minimum atomic E-state index is -0.386. The highest BCUT2D eigenvalue weighted by atomic mass is 16.5. The van der Waals surface area contributed by atoms with Gasteiger partial charge in [0.15, 0.2) is 0 Å². The van der Waals surface area contributed by atoms with Crippen molar-refractivity contribution in [3.05, 3.63) is 46.5 Å². The van der Waals surface area contributed by atoms with E-state index in [0.29, 0.717) is 24.9 Å². The molecule has 2 heterocycles. The molecule has 1 fully saturated rings. The normalized spacial score (nSPS) is 15.5. The molecule has 0 unspecified atom stereocenters. The van der Waals surface area contributed by atoms with E-state index in [4.69, 9.17) is 4.74 Å². The molecule has 1 saturated carbocycles. The lowest BCUT2D eigenvalue weighted by atomic mass is 9.98. The van der Waals surface area contributed by atoms with Gasteiger partial charge in [-0.05, 0) is 31.4 Å². The summed E-state index contributed by atoms with van der Waals surface area (Å²) in [6, 6.07) is 5.26. The minimum Gasteiger partial charge on any atom is -0.378 e. The summed E-state index contributed by atoms with van der Waals surface area (Å²) in [4.78, 5) is 28.6. The average Bonchev–Trinajstić information content (AvgIpc) is 2.62. The molecule has 24 heavy (non-hydrogen) atoms. The number of hydrogen-bond acceptors (Lipinski definition) is 4. The Balaban J connectivity index is 1.48. The standard InChI is InChI=1S/C18H23N3O3/c22-17(19-10-6-12-24-14-7-2-1-3-8-14)15-13-20-16-9-4-5-11-21(16)18(15)23/h4-5,9,11,13-14H,1-3,6-8,10,12H2,(H,19,22). The van der Waals surface area contributed by atoms with Gasteiger partial charge in [-0.1, -0.05) is 25.3 Å². The maximum absolute atomic E-state index is 12.3. The average molecular weight is 329 g/mol. The maximum Gasteiger partial charge on any atom is 0.270 e. The third-order valence-electron chi connectivity index (χ3n) is 4.37. The van der Waals surface area contributed by atoms with E-state index in [1.807, 2.05) is 0 Å². The lowest BCUT2D eigenvalue weighted by Gasteiger charge is -2.21. The van der Waals surface area contributed by atoms with E-state index in [2.05, 4.69) is 10.3 Å². The molecular formula is C18H23N3O3. The summed E-state index contributed by atoms with van der Waals surface area (Å²) < 4.78 is 7.20. The molecule has 0 aliphatic heterocycles. The van der Waals surface area contributed by atoms with Crippen molar-refractivity contribution < 1.29 is 9.53 Å². The zero-order valence-electron chi connectivity index (χ0n) is 13.7. The molecule has 2 aromatic rings. The lowest BCUT2D eigenvalue weighted by Crippen LogP contribution is -2.32. The van der Waals surface area contributed by atoms with Crippen LogP contribution in [0.5, 0.6) is 0 Å². The topological polar surface area (TPSA) is 72.7 Å². The van der Waals surface area contributed by atoms with Crippen molar-refractivity contribution in [2.45, 2.75) is 44.6 Å². The molecule has 1 aliphatic rings. The second-order valence-electron chi connectivity index (χ2n) is 6.15. The number of nitrogens with zero attached hydrogens (tertiary/aromatic N) is 2. The van der Waals surface area contributed by atoms with E-state index in [0.717, 1.165) is 19.3 Å². The molecule has 1 N–H and O–H groups in total. The number of amides is 1. The van der Waals surface area contributed by atoms with Crippen LogP contribution < -0.4 is 10.9 Å². The van der Waals surface area contributed by atoms with E-state index in [1.165, 1.54) is 29.9 Å². The fourth-order valence-corrected chi connectivity index (χ4v) is 3.03. The van der Waals surface area contributed by atoms with Gasteiger partial charge in [0.25, 0.3) is 11.5 Å². The number of carbonyl (C=O) groups excluding carboxylic acids is 1. The highest BCUT2D eigenvalue weighted by Gasteiger charge is 2.14. The second-order valence-corrected chi connectivity index (χ2v) is 6.15. The summed E-state index contributed by atoms with van der Waals surface area (Å²) in [6.07, 6.45) is 10.2. The van der Waals surface area contributed by atoms with Crippen LogP contribution in [-0.2, 0) is 4.74 Å². The van der Waals surface area contributed by atoms with Crippen LogP contribution in [0.1, 0.15) is 48.9 Å². The highest BCUT2D eigenvalue weighted by molar-refractivity contribution is 5.93. The summed E-state index contributed by atoms with van der Waals surface area (Å²) in [5, 5.41) is 2.77. The lowest BCUT2D eigenvalue weighted by molar-refractivity contribution is 0.0273. The van der Waals surface area contributed by atoms with Crippen molar-refractivity contribution >= 4 is 11.6 Å². The summed E-state index contributed by atoms with van der Waals surface area (Å²) in [5.41, 5.74) is 0.239. The SMILES string of the molecule is O=C(NCCCOC1CCCCC1)c1cnc2ccccn2c1=O. The van der Waals surface area contributed by atoms with Crippen LogP contribution in [-0.4, -0.2) is 34.5 Å². The summed E-state index contributed by atoms with van der Waals surface area (Å²) in [5.74, 6) is -0.386. The Bertz CT molecular complexity index is 751. The van der Waals surface area contributed by atoms with Gasteiger partial charge in [-0.25, -0.2) is 4.98 Å². The number of nitrogens with one attached hydrogen (secondary N) is 1. The first-order chi connectivity index (χ1) is 11.8. The van der Waals surface area contributed by atoms with E-state index in [1.54, 1.807) is 24.4 Å². The molecule has 6 nitrogen and oxygen atoms in total. The predicted octanol–water partition coefficient (Wildman–Crippen LogP) is 2.16. The smallest absolute Gasteiger partial charge is 0.270 e. The first-order valence-electron chi connectivity index (χ1n) is 8.62. The fourth-order valence-electron chi connectivity index (χ4n) is 3.03. The van der Waals surface area contributed by atoms with Crippen LogP contribution in [0.15, 0.2) is 35.4 Å². The molecule has 3 rings (SSSR count).